The van der Waals surface area contributed by atoms with E-state index in [9.17, 15) is 0 Å². The van der Waals surface area contributed by atoms with Crippen molar-refractivity contribution in [3.63, 3.8) is 0 Å². The fourth-order valence-electron chi connectivity index (χ4n) is 1.94. The highest BCUT2D eigenvalue weighted by molar-refractivity contribution is 5.93. The van der Waals surface area contributed by atoms with E-state index in [0.717, 1.165) is 16.5 Å². The number of ether oxygens (including phenoxy) is 1. The number of nitrogens with zero attached hydrogens (tertiary/aromatic N) is 2. The van der Waals surface area contributed by atoms with Gasteiger partial charge in [-0.15, -0.1) is 0 Å². The van der Waals surface area contributed by atoms with E-state index < -0.39 is 0 Å². The summed E-state index contributed by atoms with van der Waals surface area (Å²) in [5.74, 6) is 1.30. The standard InChI is InChI=1S/C15H13N3O/c1-10-4-2-9-18-15(10)19-13-7-6-12(16)14-11(13)5-3-8-17-14/h2-9H,16H2,1H3. The van der Waals surface area contributed by atoms with Gasteiger partial charge in [0.15, 0.2) is 0 Å². The van der Waals surface area contributed by atoms with Crippen molar-refractivity contribution in [3.05, 3.63) is 54.4 Å². The summed E-state index contributed by atoms with van der Waals surface area (Å²) in [7, 11) is 0. The van der Waals surface area contributed by atoms with Crippen LogP contribution in [0.3, 0.4) is 0 Å². The Hall–Kier alpha value is -2.62. The number of nitrogen functional groups attached to an aromatic ring is 1. The Balaban J connectivity index is 2.12. The smallest absolute Gasteiger partial charge is 0.222 e. The van der Waals surface area contributed by atoms with Crippen LogP contribution in [0.2, 0.25) is 0 Å². The van der Waals surface area contributed by atoms with E-state index in [4.69, 9.17) is 10.5 Å². The summed E-state index contributed by atoms with van der Waals surface area (Å²) in [4.78, 5) is 8.51. The summed E-state index contributed by atoms with van der Waals surface area (Å²) in [5, 5.41) is 0.882. The third-order valence-electron chi connectivity index (χ3n) is 2.93. The van der Waals surface area contributed by atoms with Crippen LogP contribution < -0.4 is 10.5 Å². The molecule has 4 nitrogen and oxygen atoms in total. The second-order valence-corrected chi connectivity index (χ2v) is 4.28. The van der Waals surface area contributed by atoms with Crippen molar-refractivity contribution in [3.8, 4) is 11.6 Å². The normalized spacial score (nSPS) is 10.6. The molecule has 0 radical (unpaired) electrons. The largest absolute Gasteiger partial charge is 0.438 e. The van der Waals surface area contributed by atoms with Gasteiger partial charge < -0.3 is 10.5 Å². The Morgan fingerprint density at radius 1 is 1.00 bits per heavy atom. The van der Waals surface area contributed by atoms with Gasteiger partial charge in [-0.25, -0.2) is 4.98 Å². The van der Waals surface area contributed by atoms with E-state index in [1.54, 1.807) is 18.5 Å². The summed E-state index contributed by atoms with van der Waals surface area (Å²) in [6.07, 6.45) is 3.43. The van der Waals surface area contributed by atoms with E-state index in [-0.39, 0.29) is 0 Å². The molecule has 0 amide bonds. The summed E-state index contributed by atoms with van der Waals surface area (Å²) in [6.45, 7) is 1.96. The van der Waals surface area contributed by atoms with Crippen LogP contribution in [0.15, 0.2) is 48.8 Å². The second kappa shape index (κ2) is 4.57. The molecule has 0 aliphatic carbocycles. The third kappa shape index (κ3) is 2.08. The van der Waals surface area contributed by atoms with E-state index in [0.29, 0.717) is 17.3 Å². The number of nitrogens with two attached hydrogens (primary N) is 1. The molecule has 2 N–H and O–H groups in total. The quantitative estimate of drug-likeness (QED) is 0.710. The van der Waals surface area contributed by atoms with Gasteiger partial charge in [0.25, 0.3) is 0 Å². The first-order valence-electron chi connectivity index (χ1n) is 5.98. The van der Waals surface area contributed by atoms with E-state index in [2.05, 4.69) is 9.97 Å². The van der Waals surface area contributed by atoms with Crippen LogP contribution >= 0.6 is 0 Å². The van der Waals surface area contributed by atoms with Crippen LogP contribution in [0.5, 0.6) is 11.6 Å². The fraction of sp³-hybridized carbons (Fsp3) is 0.0667. The average Bonchev–Trinajstić information content (AvgIpc) is 2.44. The lowest BCUT2D eigenvalue weighted by atomic mass is 10.2. The number of aryl methyl sites for hydroxylation is 1. The van der Waals surface area contributed by atoms with E-state index in [1.165, 1.54) is 0 Å². The van der Waals surface area contributed by atoms with Crippen molar-refractivity contribution >= 4 is 16.6 Å². The van der Waals surface area contributed by atoms with Gasteiger partial charge in [-0.3, -0.25) is 4.98 Å². The Morgan fingerprint density at radius 2 is 1.79 bits per heavy atom. The molecule has 0 fully saturated rings. The van der Waals surface area contributed by atoms with Crippen molar-refractivity contribution in [2.45, 2.75) is 6.92 Å². The first-order chi connectivity index (χ1) is 9.25. The highest BCUT2D eigenvalue weighted by Crippen LogP contribution is 2.32. The van der Waals surface area contributed by atoms with Gasteiger partial charge in [0, 0.05) is 23.3 Å². The molecule has 0 spiro atoms. The lowest BCUT2D eigenvalue weighted by molar-refractivity contribution is 0.464. The van der Waals surface area contributed by atoms with Gasteiger partial charge in [-0.05, 0) is 37.3 Å². The molecule has 0 aliphatic rings. The fourth-order valence-corrected chi connectivity index (χ4v) is 1.94. The first kappa shape index (κ1) is 11.5. The number of hydrogen-bond donors (Lipinski definition) is 1. The maximum Gasteiger partial charge on any atom is 0.222 e. The molecule has 2 heterocycles. The summed E-state index contributed by atoms with van der Waals surface area (Å²) in [6, 6.07) is 11.3. The number of pyridine rings is 2. The predicted octanol–water partition coefficient (Wildman–Crippen LogP) is 3.31. The van der Waals surface area contributed by atoms with Gasteiger partial charge in [-0.2, -0.15) is 0 Å². The minimum atomic E-state index is 0.595. The molecule has 2 aromatic heterocycles. The Bertz CT molecular complexity index is 740. The number of anilines is 1. The maximum absolute atomic E-state index is 5.91. The van der Waals surface area contributed by atoms with E-state index >= 15 is 0 Å². The molecule has 4 heteroatoms. The monoisotopic (exact) mass is 251 g/mol. The van der Waals surface area contributed by atoms with Crippen LogP contribution in [-0.4, -0.2) is 9.97 Å². The molecule has 0 saturated heterocycles. The second-order valence-electron chi connectivity index (χ2n) is 4.28. The molecular formula is C15H13N3O. The van der Waals surface area contributed by atoms with Gasteiger partial charge >= 0.3 is 0 Å². The summed E-state index contributed by atoms with van der Waals surface area (Å²) >= 11 is 0. The topological polar surface area (TPSA) is 61.0 Å². The van der Waals surface area contributed by atoms with Crippen molar-refractivity contribution in [1.29, 1.82) is 0 Å². The molecule has 3 aromatic rings. The Morgan fingerprint density at radius 3 is 2.63 bits per heavy atom. The number of hydrogen-bond acceptors (Lipinski definition) is 4. The maximum atomic E-state index is 5.91. The number of benzene rings is 1. The molecule has 3 rings (SSSR count). The molecule has 0 bridgehead atoms. The minimum Gasteiger partial charge on any atom is -0.438 e. The zero-order valence-corrected chi connectivity index (χ0v) is 10.5. The molecular weight excluding hydrogens is 238 g/mol. The molecule has 19 heavy (non-hydrogen) atoms. The van der Waals surface area contributed by atoms with Crippen LogP contribution in [-0.2, 0) is 0 Å². The van der Waals surface area contributed by atoms with Crippen molar-refractivity contribution in [2.75, 3.05) is 5.73 Å². The molecule has 0 saturated carbocycles. The van der Waals surface area contributed by atoms with Gasteiger partial charge in [0.1, 0.15) is 5.75 Å². The molecule has 0 unspecified atom stereocenters. The SMILES string of the molecule is Cc1cccnc1Oc1ccc(N)c2ncccc12. The summed E-state index contributed by atoms with van der Waals surface area (Å²) < 4.78 is 5.87. The number of fused-ring (bicyclic) bond motifs is 1. The van der Waals surface area contributed by atoms with Crippen molar-refractivity contribution < 1.29 is 4.74 Å². The Labute approximate surface area is 110 Å². The molecule has 0 atom stereocenters. The summed E-state index contributed by atoms with van der Waals surface area (Å²) in [5.41, 5.74) is 8.28. The van der Waals surface area contributed by atoms with Gasteiger partial charge in [-0.1, -0.05) is 6.07 Å². The average molecular weight is 251 g/mol. The zero-order valence-electron chi connectivity index (χ0n) is 10.5. The lowest BCUT2D eigenvalue weighted by Gasteiger charge is -2.10. The lowest BCUT2D eigenvalue weighted by Crippen LogP contribution is -1.94. The van der Waals surface area contributed by atoms with Crippen LogP contribution in [0.4, 0.5) is 5.69 Å². The number of aromatic nitrogens is 2. The molecule has 94 valence electrons. The zero-order chi connectivity index (χ0) is 13.2. The predicted molar refractivity (Wildman–Crippen MR) is 75.2 cm³/mol. The van der Waals surface area contributed by atoms with Gasteiger partial charge in [0.05, 0.1) is 11.2 Å². The van der Waals surface area contributed by atoms with E-state index in [1.807, 2.05) is 37.3 Å². The number of rotatable bonds is 2. The van der Waals surface area contributed by atoms with Crippen LogP contribution in [0.1, 0.15) is 5.56 Å². The van der Waals surface area contributed by atoms with Crippen molar-refractivity contribution in [2.24, 2.45) is 0 Å². The first-order valence-corrected chi connectivity index (χ1v) is 5.98. The van der Waals surface area contributed by atoms with Crippen LogP contribution in [0.25, 0.3) is 10.9 Å². The minimum absolute atomic E-state index is 0.595. The molecule has 0 aliphatic heterocycles. The van der Waals surface area contributed by atoms with Crippen molar-refractivity contribution in [1.82, 2.24) is 9.97 Å². The van der Waals surface area contributed by atoms with Gasteiger partial charge in [0.2, 0.25) is 5.88 Å². The third-order valence-corrected chi connectivity index (χ3v) is 2.93. The highest BCUT2D eigenvalue weighted by atomic mass is 16.5. The van der Waals surface area contributed by atoms with Crippen LogP contribution in [0, 0.1) is 6.92 Å². The highest BCUT2D eigenvalue weighted by Gasteiger charge is 2.08. The molecule has 1 aromatic carbocycles. The Kier molecular flexibility index (Phi) is 2.76.